The van der Waals surface area contributed by atoms with Crippen LogP contribution in [0.5, 0.6) is 0 Å². The second kappa shape index (κ2) is 5.62. The molecule has 2 bridgehead atoms. The Hall–Kier alpha value is -1.26. The Bertz CT molecular complexity index is 384. The van der Waals surface area contributed by atoms with Crippen molar-refractivity contribution in [1.29, 1.82) is 0 Å². The third kappa shape index (κ3) is 2.38. The summed E-state index contributed by atoms with van der Waals surface area (Å²) in [5, 5.41) is 12.4. The van der Waals surface area contributed by atoms with Crippen LogP contribution in [0.4, 0.5) is 4.79 Å². The zero-order valence-corrected chi connectivity index (χ0v) is 12.7. The van der Waals surface area contributed by atoms with Crippen LogP contribution in [0.25, 0.3) is 0 Å². The third-order valence-electron chi connectivity index (χ3n) is 5.49. The molecule has 2 aliphatic rings. The highest BCUT2D eigenvalue weighted by Crippen LogP contribution is 2.42. The molecule has 0 radical (unpaired) electrons. The van der Waals surface area contributed by atoms with Crippen molar-refractivity contribution in [3.8, 4) is 0 Å². The van der Waals surface area contributed by atoms with E-state index in [2.05, 4.69) is 26.1 Å². The van der Waals surface area contributed by atoms with Gasteiger partial charge in [0.2, 0.25) is 0 Å². The van der Waals surface area contributed by atoms with E-state index in [0.29, 0.717) is 6.42 Å². The highest BCUT2D eigenvalue weighted by molar-refractivity contribution is 5.80. The molecule has 114 valence electrons. The highest BCUT2D eigenvalue weighted by atomic mass is 16.4. The van der Waals surface area contributed by atoms with Gasteiger partial charge in [-0.2, -0.15) is 0 Å². The van der Waals surface area contributed by atoms with Crippen LogP contribution in [0.3, 0.4) is 0 Å². The van der Waals surface area contributed by atoms with Crippen molar-refractivity contribution in [2.45, 2.75) is 76.9 Å². The van der Waals surface area contributed by atoms with E-state index in [1.807, 2.05) is 4.90 Å². The van der Waals surface area contributed by atoms with Crippen molar-refractivity contribution in [2.75, 3.05) is 0 Å². The number of hydrogen-bond acceptors (Lipinski definition) is 2. The topological polar surface area (TPSA) is 69.6 Å². The predicted molar refractivity (Wildman–Crippen MR) is 76.5 cm³/mol. The van der Waals surface area contributed by atoms with E-state index in [4.69, 9.17) is 0 Å². The van der Waals surface area contributed by atoms with E-state index in [9.17, 15) is 14.7 Å². The lowest BCUT2D eigenvalue weighted by atomic mass is 9.89. The number of carboxylic acids is 1. The Balaban J connectivity index is 2.09. The fourth-order valence-corrected chi connectivity index (χ4v) is 3.88. The molecule has 2 fully saturated rings. The van der Waals surface area contributed by atoms with Gasteiger partial charge in [-0.05, 0) is 38.5 Å². The first-order valence-electron chi connectivity index (χ1n) is 7.81. The fourth-order valence-electron chi connectivity index (χ4n) is 3.88. The Morgan fingerprint density at radius 1 is 1.20 bits per heavy atom. The van der Waals surface area contributed by atoms with Crippen molar-refractivity contribution in [1.82, 2.24) is 10.2 Å². The molecule has 5 nitrogen and oxygen atoms in total. The fraction of sp³-hybridized carbons (Fsp3) is 0.867. The van der Waals surface area contributed by atoms with Gasteiger partial charge in [0.1, 0.15) is 0 Å². The summed E-state index contributed by atoms with van der Waals surface area (Å²) in [6.45, 7) is 6.27. The van der Waals surface area contributed by atoms with Crippen LogP contribution in [0, 0.1) is 5.92 Å². The van der Waals surface area contributed by atoms with Gasteiger partial charge in [-0.15, -0.1) is 0 Å². The second-order valence-corrected chi connectivity index (χ2v) is 6.16. The number of nitrogens with one attached hydrogen (secondary N) is 1. The molecule has 0 aliphatic carbocycles. The van der Waals surface area contributed by atoms with Crippen LogP contribution >= 0.6 is 0 Å². The SMILES string of the molecule is CCC(CC)(CC)NC(=O)N1C2CCC1C(C(=O)O)C2. The molecule has 0 aromatic carbocycles. The Kier molecular flexibility index (Phi) is 4.25. The smallest absolute Gasteiger partial charge is 0.318 e. The molecule has 3 atom stereocenters. The van der Waals surface area contributed by atoms with Gasteiger partial charge >= 0.3 is 12.0 Å². The van der Waals surface area contributed by atoms with E-state index >= 15 is 0 Å². The van der Waals surface area contributed by atoms with Gasteiger partial charge in [0.25, 0.3) is 0 Å². The summed E-state index contributed by atoms with van der Waals surface area (Å²) >= 11 is 0. The minimum atomic E-state index is -0.761. The lowest BCUT2D eigenvalue weighted by Crippen LogP contribution is -2.54. The summed E-state index contributed by atoms with van der Waals surface area (Å²) in [4.78, 5) is 25.7. The number of rotatable bonds is 5. The molecule has 2 amide bonds. The average molecular weight is 282 g/mol. The van der Waals surface area contributed by atoms with Gasteiger partial charge in [0, 0.05) is 17.6 Å². The number of aliphatic carboxylic acids is 1. The normalized spacial score (nSPS) is 28.8. The van der Waals surface area contributed by atoms with Crippen LogP contribution in [0.15, 0.2) is 0 Å². The van der Waals surface area contributed by atoms with E-state index in [-0.39, 0.29) is 29.6 Å². The molecule has 0 saturated carbocycles. The maximum absolute atomic E-state index is 12.6. The van der Waals surface area contributed by atoms with Gasteiger partial charge in [-0.25, -0.2) is 4.79 Å². The monoisotopic (exact) mass is 282 g/mol. The lowest BCUT2D eigenvalue weighted by Gasteiger charge is -2.35. The van der Waals surface area contributed by atoms with Crippen LogP contribution in [-0.4, -0.2) is 39.6 Å². The lowest BCUT2D eigenvalue weighted by molar-refractivity contribution is -0.142. The van der Waals surface area contributed by atoms with Crippen molar-refractivity contribution in [3.05, 3.63) is 0 Å². The quantitative estimate of drug-likeness (QED) is 0.814. The standard InChI is InChI=1S/C15H26N2O3/c1-4-15(5-2,6-3)16-14(20)17-10-7-8-12(17)11(9-10)13(18)19/h10-12H,4-9H2,1-3H3,(H,16,20)(H,18,19). The van der Waals surface area contributed by atoms with E-state index < -0.39 is 5.97 Å². The molecule has 2 heterocycles. The van der Waals surface area contributed by atoms with Crippen molar-refractivity contribution < 1.29 is 14.7 Å². The Morgan fingerprint density at radius 3 is 2.25 bits per heavy atom. The van der Waals surface area contributed by atoms with Crippen LogP contribution < -0.4 is 5.32 Å². The van der Waals surface area contributed by atoms with Crippen molar-refractivity contribution in [3.63, 3.8) is 0 Å². The number of carboxylic acid groups (broad SMARTS) is 1. The van der Waals surface area contributed by atoms with Gasteiger partial charge < -0.3 is 15.3 Å². The summed E-state index contributed by atoms with van der Waals surface area (Å²) in [6.07, 6.45) is 5.09. The molecule has 0 aromatic rings. The number of amides is 2. The van der Waals surface area contributed by atoms with E-state index in [1.165, 1.54) is 0 Å². The van der Waals surface area contributed by atoms with Gasteiger partial charge in [-0.1, -0.05) is 20.8 Å². The van der Waals surface area contributed by atoms with Crippen LogP contribution in [0.2, 0.25) is 0 Å². The summed E-state index contributed by atoms with van der Waals surface area (Å²) in [5.41, 5.74) is -0.155. The third-order valence-corrected chi connectivity index (χ3v) is 5.49. The Morgan fingerprint density at radius 2 is 1.80 bits per heavy atom. The summed E-state index contributed by atoms with van der Waals surface area (Å²) in [7, 11) is 0. The number of carbonyl (C=O) groups is 2. The maximum Gasteiger partial charge on any atom is 0.318 e. The summed E-state index contributed by atoms with van der Waals surface area (Å²) < 4.78 is 0. The molecule has 0 spiro atoms. The summed E-state index contributed by atoms with van der Waals surface area (Å²) in [5.74, 6) is -1.14. The van der Waals surface area contributed by atoms with Gasteiger partial charge in [-0.3, -0.25) is 4.79 Å². The zero-order valence-electron chi connectivity index (χ0n) is 12.7. The van der Waals surface area contributed by atoms with Crippen LogP contribution in [0.1, 0.15) is 59.3 Å². The van der Waals surface area contributed by atoms with Crippen LogP contribution in [-0.2, 0) is 4.79 Å². The molecule has 3 unspecified atom stereocenters. The first-order chi connectivity index (χ1) is 9.48. The minimum Gasteiger partial charge on any atom is -0.481 e. The number of nitrogens with zero attached hydrogens (tertiary/aromatic N) is 1. The maximum atomic E-state index is 12.6. The predicted octanol–water partition coefficient (Wildman–Crippen LogP) is 2.60. The zero-order chi connectivity index (χ0) is 14.9. The number of urea groups is 1. The summed E-state index contributed by atoms with van der Waals surface area (Å²) in [6, 6.07) is -0.0584. The molecule has 2 aliphatic heterocycles. The molecule has 2 rings (SSSR count). The van der Waals surface area contributed by atoms with E-state index in [1.54, 1.807) is 0 Å². The first-order valence-corrected chi connectivity index (χ1v) is 7.81. The average Bonchev–Trinajstić information content (AvgIpc) is 3.02. The molecular weight excluding hydrogens is 256 g/mol. The number of carbonyl (C=O) groups excluding carboxylic acids is 1. The van der Waals surface area contributed by atoms with Crippen molar-refractivity contribution >= 4 is 12.0 Å². The van der Waals surface area contributed by atoms with Crippen molar-refractivity contribution in [2.24, 2.45) is 5.92 Å². The largest absolute Gasteiger partial charge is 0.481 e. The van der Waals surface area contributed by atoms with Gasteiger partial charge in [0.15, 0.2) is 0 Å². The Labute approximate surface area is 120 Å². The van der Waals surface area contributed by atoms with Gasteiger partial charge in [0.05, 0.1) is 5.92 Å². The highest BCUT2D eigenvalue weighted by Gasteiger charge is 2.51. The number of hydrogen-bond donors (Lipinski definition) is 2. The molecule has 0 aromatic heterocycles. The minimum absolute atomic E-state index is 0.0631. The molecule has 2 N–H and O–H groups in total. The second-order valence-electron chi connectivity index (χ2n) is 6.16. The molecule has 20 heavy (non-hydrogen) atoms. The molecular formula is C15H26N2O3. The first kappa shape index (κ1) is 15.1. The molecule has 5 heteroatoms. The van der Waals surface area contributed by atoms with E-state index in [0.717, 1.165) is 32.1 Å². The number of fused-ring (bicyclic) bond motifs is 2. The molecule has 2 saturated heterocycles.